The van der Waals surface area contributed by atoms with Crippen molar-refractivity contribution in [1.82, 2.24) is 0 Å². The highest BCUT2D eigenvalue weighted by Gasteiger charge is 2.46. The molecule has 0 amide bonds. The third-order valence-electron chi connectivity index (χ3n) is 3.88. The second-order valence-corrected chi connectivity index (χ2v) is 16.6. The molecular formula is C16H34F6N2O5S2Si. The molecule has 0 bridgehead atoms. The van der Waals surface area contributed by atoms with Crippen LogP contribution in [0.15, 0.2) is 0 Å². The third kappa shape index (κ3) is 15.4. The van der Waals surface area contributed by atoms with Gasteiger partial charge in [-0.25, -0.2) is 16.8 Å². The lowest BCUT2D eigenvalue weighted by Gasteiger charge is -2.31. The maximum absolute atomic E-state index is 11.4. The number of sulfonamides is 2. The van der Waals surface area contributed by atoms with E-state index in [1.54, 1.807) is 0 Å². The Labute approximate surface area is 188 Å². The predicted octanol–water partition coefficient (Wildman–Crippen LogP) is 4.94. The SMILES string of the molecule is CCCCCCC[N+](C)(C)CCO[Si](C)(C)C.O=S(=O)([N-]S(=O)(=O)C(F)(F)F)C(F)(F)F. The first-order valence-electron chi connectivity index (χ1n) is 9.80. The van der Waals surface area contributed by atoms with Crippen molar-refractivity contribution in [3.05, 3.63) is 4.13 Å². The summed E-state index contributed by atoms with van der Waals surface area (Å²) in [7, 11) is -10.1. The van der Waals surface area contributed by atoms with Crippen molar-refractivity contribution in [3.63, 3.8) is 0 Å². The van der Waals surface area contributed by atoms with Gasteiger partial charge in [-0.2, -0.15) is 26.3 Å². The number of likely N-dealkylation sites (N-methyl/N-ethyl adjacent to an activating group) is 1. The van der Waals surface area contributed by atoms with Gasteiger partial charge in [-0.15, -0.1) is 0 Å². The van der Waals surface area contributed by atoms with Crippen LogP contribution in [0.4, 0.5) is 26.3 Å². The van der Waals surface area contributed by atoms with Crippen LogP contribution in [0.1, 0.15) is 39.0 Å². The van der Waals surface area contributed by atoms with E-state index in [9.17, 15) is 43.2 Å². The van der Waals surface area contributed by atoms with Crippen LogP contribution >= 0.6 is 0 Å². The van der Waals surface area contributed by atoms with Crippen LogP contribution in [0.5, 0.6) is 0 Å². The van der Waals surface area contributed by atoms with Crippen molar-refractivity contribution in [2.24, 2.45) is 0 Å². The zero-order chi connectivity index (χ0) is 26.1. The number of hydrogen-bond acceptors (Lipinski definition) is 5. The van der Waals surface area contributed by atoms with Crippen LogP contribution < -0.4 is 0 Å². The summed E-state index contributed by atoms with van der Waals surface area (Å²) < 4.78 is 116. The van der Waals surface area contributed by atoms with Crippen molar-refractivity contribution >= 4 is 28.4 Å². The van der Waals surface area contributed by atoms with Gasteiger partial charge in [0.25, 0.3) is 0 Å². The minimum atomic E-state index is -6.72. The summed E-state index contributed by atoms with van der Waals surface area (Å²) in [6.07, 6.45) is 6.89. The van der Waals surface area contributed by atoms with Crippen molar-refractivity contribution < 1.29 is 52.1 Å². The van der Waals surface area contributed by atoms with Crippen LogP contribution in [0.3, 0.4) is 0 Å². The standard InChI is InChI=1S/C14H34NOSi.C2F6NO4S2/c1-7-8-9-10-11-12-15(2,3)13-14-16-17(4,5)6;3-1(4,5)14(10,11)9-15(12,13)2(6,7)8/h7-14H2,1-6H3;/q+1;-1. The fourth-order valence-electron chi connectivity index (χ4n) is 2.07. The first kappa shape index (κ1) is 33.7. The molecule has 7 nitrogen and oxygen atoms in total. The number of nitrogens with zero attached hydrogens (tertiary/aromatic N) is 2. The Kier molecular flexibility index (Phi) is 13.6. The molecule has 0 aliphatic heterocycles. The molecule has 0 saturated carbocycles. The number of unbranched alkanes of at least 4 members (excludes halogenated alkanes) is 4. The third-order valence-corrected chi connectivity index (χ3v) is 7.69. The van der Waals surface area contributed by atoms with Crippen molar-refractivity contribution in [2.45, 2.75) is 69.7 Å². The van der Waals surface area contributed by atoms with E-state index >= 15 is 0 Å². The smallest absolute Gasteiger partial charge is 0.421 e. The number of alkyl halides is 6. The number of quaternary nitrogens is 1. The van der Waals surface area contributed by atoms with E-state index in [1.807, 2.05) is 0 Å². The molecule has 0 aromatic heterocycles. The van der Waals surface area contributed by atoms with E-state index in [4.69, 9.17) is 4.43 Å². The van der Waals surface area contributed by atoms with E-state index in [-0.39, 0.29) is 0 Å². The lowest BCUT2D eigenvalue weighted by molar-refractivity contribution is -0.890. The maximum Gasteiger partial charge on any atom is 0.480 e. The van der Waals surface area contributed by atoms with E-state index in [1.165, 1.54) is 38.6 Å². The summed E-state index contributed by atoms with van der Waals surface area (Å²) >= 11 is 0. The molecule has 0 spiro atoms. The quantitative estimate of drug-likeness (QED) is 0.151. The summed E-state index contributed by atoms with van der Waals surface area (Å²) in [5.74, 6) is 0. The monoisotopic (exact) mass is 540 g/mol. The summed E-state index contributed by atoms with van der Waals surface area (Å²) in [6.45, 7) is 12.4. The molecule has 0 aliphatic carbocycles. The fraction of sp³-hybridized carbons (Fsp3) is 1.00. The molecule has 0 fully saturated rings. The second-order valence-electron chi connectivity index (χ2n) is 8.67. The first-order valence-corrected chi connectivity index (χ1v) is 16.1. The topological polar surface area (TPSA) is 91.6 Å². The number of rotatable bonds is 12. The van der Waals surface area contributed by atoms with E-state index in [0.29, 0.717) is 0 Å². The number of halogens is 6. The van der Waals surface area contributed by atoms with Crippen LogP contribution in [0.2, 0.25) is 19.6 Å². The Balaban J connectivity index is 0. The molecule has 0 atom stereocenters. The molecule has 196 valence electrons. The zero-order valence-electron chi connectivity index (χ0n) is 19.2. The predicted molar refractivity (Wildman–Crippen MR) is 113 cm³/mol. The highest BCUT2D eigenvalue weighted by Crippen LogP contribution is 2.36. The van der Waals surface area contributed by atoms with Crippen LogP contribution in [-0.2, 0) is 24.5 Å². The average Bonchev–Trinajstić information content (AvgIpc) is 2.50. The molecule has 0 heterocycles. The Morgan fingerprint density at radius 1 is 0.781 bits per heavy atom. The first-order chi connectivity index (χ1) is 14.0. The number of hydrogen-bond donors (Lipinski definition) is 0. The Bertz CT molecular complexity index is 706. The van der Waals surface area contributed by atoms with Crippen molar-refractivity contribution in [2.75, 3.05) is 33.8 Å². The molecule has 0 aromatic rings. The molecule has 0 unspecified atom stereocenters. The van der Waals surface area contributed by atoms with Gasteiger partial charge in [0.2, 0.25) is 0 Å². The largest absolute Gasteiger partial charge is 0.480 e. The van der Waals surface area contributed by atoms with Gasteiger partial charge >= 0.3 is 11.0 Å². The Morgan fingerprint density at radius 2 is 1.19 bits per heavy atom. The molecule has 0 rings (SSSR count). The minimum absolute atomic E-state index is 0.778. The summed E-state index contributed by atoms with van der Waals surface area (Å²) in [4.78, 5) is 0. The molecule has 0 N–H and O–H groups in total. The van der Waals surface area contributed by atoms with Crippen LogP contribution in [0, 0.1) is 0 Å². The molecule has 0 aromatic carbocycles. The molecule has 0 saturated heterocycles. The molecule has 32 heavy (non-hydrogen) atoms. The highest BCUT2D eigenvalue weighted by atomic mass is 32.3. The average molecular weight is 541 g/mol. The highest BCUT2D eigenvalue weighted by molar-refractivity contribution is 8.13. The minimum Gasteiger partial charge on any atom is -0.421 e. The van der Waals surface area contributed by atoms with Crippen LogP contribution in [-0.4, -0.2) is 74.4 Å². The van der Waals surface area contributed by atoms with Gasteiger partial charge in [-0.05, 0) is 32.5 Å². The molecule has 16 heteroatoms. The van der Waals surface area contributed by atoms with Gasteiger partial charge in [-0.1, -0.05) is 26.2 Å². The summed E-state index contributed by atoms with van der Waals surface area (Å²) in [6, 6.07) is 0. The van der Waals surface area contributed by atoms with Gasteiger partial charge in [0.05, 0.1) is 27.2 Å². The van der Waals surface area contributed by atoms with E-state index in [2.05, 4.69) is 40.7 Å². The molecular weight excluding hydrogens is 506 g/mol. The molecule has 0 radical (unpaired) electrons. The summed E-state index contributed by atoms with van der Waals surface area (Å²) in [5, 5.41) is 0. The normalized spacial score (nSPS) is 14.1. The zero-order valence-corrected chi connectivity index (χ0v) is 21.8. The van der Waals surface area contributed by atoms with E-state index in [0.717, 1.165) is 21.8 Å². The Morgan fingerprint density at radius 3 is 1.53 bits per heavy atom. The van der Waals surface area contributed by atoms with Gasteiger partial charge < -0.3 is 13.0 Å². The Hall–Kier alpha value is -0.423. The summed E-state index contributed by atoms with van der Waals surface area (Å²) in [5.41, 5.74) is -12.4. The van der Waals surface area contributed by atoms with Crippen molar-refractivity contribution in [3.8, 4) is 0 Å². The fourth-order valence-corrected chi connectivity index (χ4v) is 4.48. The lowest BCUT2D eigenvalue weighted by atomic mass is 10.1. The second kappa shape index (κ2) is 12.9. The van der Waals surface area contributed by atoms with Gasteiger partial charge in [0.15, 0.2) is 28.4 Å². The maximum atomic E-state index is 11.4. The molecule has 0 aliphatic rings. The van der Waals surface area contributed by atoms with Crippen molar-refractivity contribution in [1.29, 1.82) is 0 Å². The van der Waals surface area contributed by atoms with E-state index < -0.39 is 39.4 Å². The van der Waals surface area contributed by atoms with Gasteiger partial charge in [0.1, 0.15) is 6.54 Å². The van der Waals surface area contributed by atoms with Crippen LogP contribution in [0.25, 0.3) is 4.13 Å². The van der Waals surface area contributed by atoms with Gasteiger partial charge in [0, 0.05) is 0 Å². The van der Waals surface area contributed by atoms with Gasteiger partial charge in [-0.3, -0.25) is 0 Å². The lowest BCUT2D eigenvalue weighted by Crippen LogP contribution is -2.44.